The number of hydrazine groups is 1. The summed E-state index contributed by atoms with van der Waals surface area (Å²) < 4.78 is 0. The molecule has 21 heavy (non-hydrogen) atoms. The number of carbonyl (C=O) groups is 2. The van der Waals surface area contributed by atoms with E-state index in [-0.39, 0.29) is 23.8 Å². The van der Waals surface area contributed by atoms with E-state index in [1.807, 2.05) is 9.91 Å². The van der Waals surface area contributed by atoms with E-state index in [1.165, 1.54) is 6.42 Å². The predicted octanol–water partition coefficient (Wildman–Crippen LogP) is 1.54. The van der Waals surface area contributed by atoms with Gasteiger partial charge in [-0.3, -0.25) is 15.0 Å². The molecule has 3 fully saturated rings. The summed E-state index contributed by atoms with van der Waals surface area (Å²) in [5, 5.41) is 2.03. The summed E-state index contributed by atoms with van der Waals surface area (Å²) in [5.74, 6) is 0.915. The lowest BCUT2D eigenvalue weighted by atomic mass is 10.0. The van der Waals surface area contributed by atoms with Crippen molar-refractivity contribution in [1.29, 1.82) is 0 Å². The minimum absolute atomic E-state index is 0.0262. The molecule has 1 aliphatic carbocycles. The molecular formula is C16H27N3O2. The summed E-state index contributed by atoms with van der Waals surface area (Å²) in [6.07, 6.45) is 7.42. The average Bonchev–Trinajstić information content (AvgIpc) is 3.24. The second-order valence-corrected chi connectivity index (χ2v) is 6.89. The smallest absolute Gasteiger partial charge is 0.257 e. The van der Waals surface area contributed by atoms with Crippen LogP contribution in [0.5, 0.6) is 0 Å². The first-order valence-electron chi connectivity index (χ1n) is 8.53. The first kappa shape index (κ1) is 14.8. The van der Waals surface area contributed by atoms with Crippen LogP contribution in [0.4, 0.5) is 0 Å². The number of likely N-dealkylation sites (tertiary alicyclic amines) is 1. The molecule has 0 aromatic heterocycles. The van der Waals surface area contributed by atoms with Crippen LogP contribution in [0.15, 0.2) is 0 Å². The monoisotopic (exact) mass is 293 g/mol. The summed E-state index contributed by atoms with van der Waals surface area (Å²) in [5.41, 5.74) is 3.04. The Bertz CT molecular complexity index is 406. The molecule has 5 nitrogen and oxygen atoms in total. The van der Waals surface area contributed by atoms with E-state index in [9.17, 15) is 9.59 Å². The molecule has 5 heteroatoms. The summed E-state index contributed by atoms with van der Waals surface area (Å²) in [4.78, 5) is 26.9. The second-order valence-electron chi connectivity index (χ2n) is 6.89. The molecule has 0 bridgehead atoms. The molecule has 3 aliphatic rings. The van der Waals surface area contributed by atoms with Gasteiger partial charge in [-0.1, -0.05) is 13.3 Å². The zero-order valence-corrected chi connectivity index (χ0v) is 13.0. The van der Waals surface area contributed by atoms with E-state index in [4.69, 9.17) is 0 Å². The number of amides is 2. The molecule has 0 aromatic rings. The number of hydrogen-bond donors (Lipinski definition) is 1. The van der Waals surface area contributed by atoms with E-state index < -0.39 is 0 Å². The normalized spacial score (nSPS) is 33.6. The van der Waals surface area contributed by atoms with Crippen molar-refractivity contribution in [1.82, 2.24) is 15.3 Å². The van der Waals surface area contributed by atoms with Gasteiger partial charge in [0.1, 0.15) is 6.04 Å². The van der Waals surface area contributed by atoms with E-state index in [1.54, 1.807) is 0 Å². The van der Waals surface area contributed by atoms with Crippen LogP contribution in [0, 0.1) is 11.8 Å². The lowest BCUT2D eigenvalue weighted by Gasteiger charge is -2.37. The SMILES string of the molecule is C[C@@H]1C[C@@H]1C(=O)N1CCCC[C@H]1C(=O)NN1CCCCC1. The van der Waals surface area contributed by atoms with Crippen LogP contribution in [0.25, 0.3) is 0 Å². The largest absolute Gasteiger partial charge is 0.330 e. The highest BCUT2D eigenvalue weighted by Gasteiger charge is 2.44. The third-order valence-corrected chi connectivity index (χ3v) is 5.14. The highest BCUT2D eigenvalue weighted by atomic mass is 16.2. The number of nitrogens with one attached hydrogen (secondary N) is 1. The first-order valence-corrected chi connectivity index (χ1v) is 8.53. The maximum absolute atomic E-state index is 12.6. The van der Waals surface area contributed by atoms with Gasteiger partial charge < -0.3 is 4.90 Å². The van der Waals surface area contributed by atoms with Gasteiger partial charge in [0.15, 0.2) is 0 Å². The minimum Gasteiger partial charge on any atom is -0.330 e. The molecule has 3 rings (SSSR count). The molecule has 2 heterocycles. The van der Waals surface area contributed by atoms with E-state index in [0.717, 1.165) is 58.2 Å². The van der Waals surface area contributed by atoms with Crippen LogP contribution in [0.1, 0.15) is 51.9 Å². The third-order valence-electron chi connectivity index (χ3n) is 5.14. The van der Waals surface area contributed by atoms with Crippen molar-refractivity contribution < 1.29 is 9.59 Å². The lowest BCUT2D eigenvalue weighted by Crippen LogP contribution is -2.56. The Labute approximate surface area is 127 Å². The molecule has 2 amide bonds. The fourth-order valence-electron chi connectivity index (χ4n) is 3.58. The molecule has 3 atom stereocenters. The number of nitrogens with zero attached hydrogens (tertiary/aromatic N) is 2. The highest BCUT2D eigenvalue weighted by molar-refractivity contribution is 5.89. The van der Waals surface area contributed by atoms with Crippen LogP contribution < -0.4 is 5.43 Å². The molecule has 0 unspecified atom stereocenters. The number of hydrogen-bond acceptors (Lipinski definition) is 3. The molecule has 0 spiro atoms. The Hall–Kier alpha value is -1.10. The van der Waals surface area contributed by atoms with Crippen LogP contribution in [0.2, 0.25) is 0 Å². The lowest BCUT2D eigenvalue weighted by molar-refractivity contribution is -0.145. The van der Waals surface area contributed by atoms with Crippen LogP contribution >= 0.6 is 0 Å². The molecule has 2 aliphatic heterocycles. The minimum atomic E-state index is -0.249. The molecule has 1 N–H and O–H groups in total. The Kier molecular flexibility index (Phi) is 4.48. The van der Waals surface area contributed by atoms with Gasteiger partial charge in [-0.15, -0.1) is 0 Å². The summed E-state index contributed by atoms with van der Waals surface area (Å²) >= 11 is 0. The van der Waals surface area contributed by atoms with Gasteiger partial charge in [-0.2, -0.15) is 0 Å². The van der Waals surface area contributed by atoms with E-state index in [0.29, 0.717) is 5.92 Å². The standard InChI is InChI=1S/C16H27N3O2/c1-12-11-13(12)16(21)19-10-6-3-7-14(19)15(20)17-18-8-4-2-5-9-18/h12-14H,2-11H2,1H3,(H,17,20)/t12-,13+,14+/m1/s1. The maximum Gasteiger partial charge on any atom is 0.257 e. The van der Waals surface area contributed by atoms with Crippen molar-refractivity contribution >= 4 is 11.8 Å². The zero-order valence-electron chi connectivity index (χ0n) is 13.0. The fourth-order valence-corrected chi connectivity index (χ4v) is 3.58. The number of carbonyl (C=O) groups excluding carboxylic acids is 2. The summed E-state index contributed by atoms with van der Waals surface area (Å²) in [6.45, 7) is 4.74. The zero-order chi connectivity index (χ0) is 14.8. The van der Waals surface area contributed by atoms with Gasteiger partial charge in [-0.05, 0) is 44.4 Å². The Balaban J connectivity index is 1.60. The second kappa shape index (κ2) is 6.34. The Morgan fingerprint density at radius 1 is 1.00 bits per heavy atom. The van der Waals surface area contributed by atoms with Gasteiger partial charge in [0.2, 0.25) is 5.91 Å². The van der Waals surface area contributed by atoms with Crippen LogP contribution in [-0.4, -0.2) is 47.4 Å². The molecule has 2 saturated heterocycles. The molecule has 1 saturated carbocycles. The van der Waals surface area contributed by atoms with Crippen molar-refractivity contribution in [3.63, 3.8) is 0 Å². The topological polar surface area (TPSA) is 52.7 Å². The van der Waals surface area contributed by atoms with Gasteiger partial charge in [0.25, 0.3) is 5.91 Å². The summed E-state index contributed by atoms with van der Waals surface area (Å²) in [7, 11) is 0. The number of piperidine rings is 2. The van der Waals surface area contributed by atoms with Gasteiger partial charge in [0, 0.05) is 25.6 Å². The summed E-state index contributed by atoms with van der Waals surface area (Å²) in [6, 6.07) is -0.249. The predicted molar refractivity (Wildman–Crippen MR) is 80.2 cm³/mol. The van der Waals surface area contributed by atoms with Gasteiger partial charge >= 0.3 is 0 Å². The molecule has 118 valence electrons. The third kappa shape index (κ3) is 3.39. The highest BCUT2D eigenvalue weighted by Crippen LogP contribution is 2.40. The molecule has 0 radical (unpaired) electrons. The van der Waals surface area contributed by atoms with Crippen molar-refractivity contribution in [2.45, 2.75) is 57.9 Å². The van der Waals surface area contributed by atoms with Crippen molar-refractivity contribution in [3.8, 4) is 0 Å². The Morgan fingerprint density at radius 2 is 1.67 bits per heavy atom. The molecular weight excluding hydrogens is 266 g/mol. The van der Waals surface area contributed by atoms with Crippen LogP contribution in [0.3, 0.4) is 0 Å². The Morgan fingerprint density at radius 3 is 2.33 bits per heavy atom. The first-order chi connectivity index (χ1) is 10.2. The maximum atomic E-state index is 12.6. The van der Waals surface area contributed by atoms with Crippen molar-refractivity contribution in [2.75, 3.05) is 19.6 Å². The van der Waals surface area contributed by atoms with E-state index in [2.05, 4.69) is 12.3 Å². The average molecular weight is 293 g/mol. The van der Waals surface area contributed by atoms with Gasteiger partial charge in [-0.25, -0.2) is 5.01 Å². The fraction of sp³-hybridized carbons (Fsp3) is 0.875. The number of rotatable bonds is 3. The quantitative estimate of drug-likeness (QED) is 0.859. The van der Waals surface area contributed by atoms with Crippen molar-refractivity contribution in [3.05, 3.63) is 0 Å². The van der Waals surface area contributed by atoms with Crippen LogP contribution in [-0.2, 0) is 9.59 Å². The molecule has 0 aromatic carbocycles. The van der Waals surface area contributed by atoms with Crippen molar-refractivity contribution in [2.24, 2.45) is 11.8 Å². The van der Waals surface area contributed by atoms with E-state index >= 15 is 0 Å². The van der Waals surface area contributed by atoms with Gasteiger partial charge in [0.05, 0.1) is 0 Å².